The minimum Gasteiger partial charge on any atom is -0.348 e. The van der Waals surface area contributed by atoms with Crippen LogP contribution in [0.1, 0.15) is 36.1 Å². The second-order valence-corrected chi connectivity index (χ2v) is 7.09. The molecule has 0 radical (unpaired) electrons. The highest BCUT2D eigenvalue weighted by Crippen LogP contribution is 2.36. The standard InChI is InChI=1S/C20H19F4N5/c21-15-3-1-2-14(10-15)16-11-27-19(20(22,23)24)28-18(16)13-4-8-29(9-5-13)12-17-25-6-7-26-17/h1-3,6-7,10-11,13H,4-5,8-9,12H2,(H,25,26). The number of halogens is 4. The van der Waals surface area contributed by atoms with Gasteiger partial charge in [0.2, 0.25) is 5.82 Å². The Kier molecular flexibility index (Phi) is 5.31. The van der Waals surface area contributed by atoms with Crippen molar-refractivity contribution >= 4 is 0 Å². The lowest BCUT2D eigenvalue weighted by Gasteiger charge is -2.32. The molecule has 0 saturated carbocycles. The van der Waals surface area contributed by atoms with Crippen LogP contribution in [0.3, 0.4) is 0 Å². The topological polar surface area (TPSA) is 57.7 Å². The number of rotatable bonds is 4. The van der Waals surface area contributed by atoms with Gasteiger partial charge >= 0.3 is 6.18 Å². The third-order valence-corrected chi connectivity index (χ3v) is 5.11. The van der Waals surface area contributed by atoms with Gasteiger partial charge in [0.25, 0.3) is 0 Å². The highest BCUT2D eigenvalue weighted by atomic mass is 19.4. The van der Waals surface area contributed by atoms with Crippen molar-refractivity contribution in [1.82, 2.24) is 24.8 Å². The summed E-state index contributed by atoms with van der Waals surface area (Å²) in [7, 11) is 0. The van der Waals surface area contributed by atoms with Crippen molar-refractivity contribution in [2.75, 3.05) is 13.1 Å². The predicted octanol–water partition coefficient (Wildman–Crippen LogP) is 4.40. The fourth-order valence-corrected chi connectivity index (χ4v) is 3.68. The van der Waals surface area contributed by atoms with E-state index in [9.17, 15) is 17.6 Å². The molecule has 1 saturated heterocycles. The van der Waals surface area contributed by atoms with E-state index >= 15 is 0 Å². The number of nitrogens with one attached hydrogen (secondary N) is 1. The van der Waals surface area contributed by atoms with Gasteiger partial charge in [-0.3, -0.25) is 4.90 Å². The summed E-state index contributed by atoms with van der Waals surface area (Å²) in [5.74, 6) is -0.928. The Balaban J connectivity index is 1.61. The molecule has 9 heteroatoms. The van der Waals surface area contributed by atoms with Crippen LogP contribution in [-0.4, -0.2) is 37.9 Å². The third-order valence-electron chi connectivity index (χ3n) is 5.11. The molecule has 1 aliphatic rings. The summed E-state index contributed by atoms with van der Waals surface area (Å²) >= 11 is 0. The molecule has 0 atom stereocenters. The van der Waals surface area contributed by atoms with Crippen molar-refractivity contribution in [2.45, 2.75) is 31.5 Å². The first-order valence-electron chi connectivity index (χ1n) is 9.31. The number of likely N-dealkylation sites (tertiary alicyclic amines) is 1. The maximum atomic E-state index is 13.7. The van der Waals surface area contributed by atoms with Crippen molar-refractivity contribution < 1.29 is 17.6 Å². The third kappa shape index (κ3) is 4.45. The monoisotopic (exact) mass is 405 g/mol. The lowest BCUT2D eigenvalue weighted by atomic mass is 9.89. The molecule has 0 unspecified atom stereocenters. The molecule has 0 amide bonds. The van der Waals surface area contributed by atoms with Gasteiger partial charge < -0.3 is 4.98 Å². The Morgan fingerprint density at radius 3 is 2.59 bits per heavy atom. The molecule has 2 aromatic heterocycles. The Morgan fingerprint density at radius 2 is 1.93 bits per heavy atom. The number of H-pyrrole nitrogens is 1. The summed E-state index contributed by atoms with van der Waals surface area (Å²) in [5, 5.41) is 0. The second kappa shape index (κ2) is 7.90. The second-order valence-electron chi connectivity index (χ2n) is 7.09. The first-order valence-corrected chi connectivity index (χ1v) is 9.31. The molecular weight excluding hydrogens is 386 g/mol. The first kappa shape index (κ1) is 19.5. The van der Waals surface area contributed by atoms with Crippen molar-refractivity contribution in [3.63, 3.8) is 0 Å². The van der Waals surface area contributed by atoms with Gasteiger partial charge in [0, 0.05) is 30.1 Å². The van der Waals surface area contributed by atoms with Gasteiger partial charge in [-0.1, -0.05) is 12.1 Å². The SMILES string of the molecule is Fc1cccc(-c2cnc(C(F)(F)F)nc2C2CCN(Cc3ncc[nH]3)CC2)c1. The van der Waals surface area contributed by atoms with Gasteiger partial charge in [0.1, 0.15) is 11.6 Å². The Bertz CT molecular complexity index is 963. The van der Waals surface area contributed by atoms with Crippen LogP contribution in [0.4, 0.5) is 17.6 Å². The van der Waals surface area contributed by atoms with E-state index < -0.39 is 17.8 Å². The molecule has 1 aliphatic heterocycles. The maximum absolute atomic E-state index is 13.7. The van der Waals surface area contributed by atoms with E-state index in [2.05, 4.69) is 24.8 Å². The zero-order chi connectivity index (χ0) is 20.4. The van der Waals surface area contributed by atoms with Gasteiger partial charge in [-0.15, -0.1) is 0 Å². The van der Waals surface area contributed by atoms with Crippen molar-refractivity contribution in [2.24, 2.45) is 0 Å². The summed E-state index contributed by atoms with van der Waals surface area (Å²) in [6.07, 6.45) is 1.28. The Labute approximate surface area is 164 Å². The van der Waals surface area contributed by atoms with E-state index in [1.165, 1.54) is 18.2 Å². The van der Waals surface area contributed by atoms with E-state index in [1.54, 1.807) is 18.5 Å². The number of hydrogen-bond donors (Lipinski definition) is 1. The van der Waals surface area contributed by atoms with E-state index in [-0.39, 0.29) is 5.92 Å². The molecule has 0 aliphatic carbocycles. The summed E-state index contributed by atoms with van der Waals surface area (Å²) in [4.78, 5) is 16.8. The number of hydrogen-bond acceptors (Lipinski definition) is 4. The molecule has 4 rings (SSSR count). The number of benzene rings is 1. The summed E-state index contributed by atoms with van der Waals surface area (Å²) in [6.45, 7) is 2.08. The maximum Gasteiger partial charge on any atom is 0.451 e. The van der Waals surface area contributed by atoms with Crippen LogP contribution in [-0.2, 0) is 12.7 Å². The van der Waals surface area contributed by atoms with Crippen LogP contribution in [0.2, 0.25) is 0 Å². The normalized spacial score (nSPS) is 16.3. The Morgan fingerprint density at radius 1 is 1.14 bits per heavy atom. The number of aromatic nitrogens is 4. The van der Waals surface area contributed by atoms with Gasteiger partial charge in [-0.25, -0.2) is 19.3 Å². The minimum absolute atomic E-state index is 0.162. The quantitative estimate of drug-likeness (QED) is 0.654. The van der Waals surface area contributed by atoms with Crippen LogP contribution in [0.5, 0.6) is 0 Å². The lowest BCUT2D eigenvalue weighted by molar-refractivity contribution is -0.145. The molecular formula is C20H19F4N5. The molecule has 0 spiro atoms. The van der Waals surface area contributed by atoms with Gasteiger partial charge in [0.05, 0.1) is 12.2 Å². The fraction of sp³-hybridized carbons (Fsp3) is 0.350. The van der Waals surface area contributed by atoms with Gasteiger partial charge in [-0.2, -0.15) is 13.2 Å². The van der Waals surface area contributed by atoms with Gasteiger partial charge in [0.15, 0.2) is 0 Å². The average molecular weight is 405 g/mol. The van der Waals surface area contributed by atoms with Crippen molar-refractivity contribution in [1.29, 1.82) is 0 Å². The molecule has 5 nitrogen and oxygen atoms in total. The van der Waals surface area contributed by atoms with Crippen LogP contribution in [0.15, 0.2) is 42.9 Å². The smallest absolute Gasteiger partial charge is 0.348 e. The molecule has 29 heavy (non-hydrogen) atoms. The van der Waals surface area contributed by atoms with Crippen LogP contribution >= 0.6 is 0 Å². The van der Waals surface area contributed by atoms with E-state index in [1.807, 2.05) is 0 Å². The molecule has 1 fully saturated rings. The van der Waals surface area contributed by atoms with E-state index in [4.69, 9.17) is 0 Å². The Hall–Kier alpha value is -2.81. The summed E-state index contributed by atoms with van der Waals surface area (Å²) in [5.41, 5.74) is 1.25. The van der Waals surface area contributed by atoms with Crippen LogP contribution in [0.25, 0.3) is 11.1 Å². The summed E-state index contributed by atoms with van der Waals surface area (Å²) < 4.78 is 53.3. The number of nitrogens with zero attached hydrogens (tertiary/aromatic N) is 4. The van der Waals surface area contributed by atoms with Crippen LogP contribution in [0, 0.1) is 5.82 Å². The largest absolute Gasteiger partial charge is 0.451 e. The highest BCUT2D eigenvalue weighted by molar-refractivity contribution is 5.65. The highest BCUT2D eigenvalue weighted by Gasteiger charge is 2.36. The zero-order valence-corrected chi connectivity index (χ0v) is 15.5. The van der Waals surface area contributed by atoms with E-state index in [0.717, 1.165) is 12.0 Å². The molecule has 1 aromatic carbocycles. The lowest BCUT2D eigenvalue weighted by Crippen LogP contribution is -2.33. The fourth-order valence-electron chi connectivity index (χ4n) is 3.68. The van der Waals surface area contributed by atoms with E-state index in [0.29, 0.717) is 49.3 Å². The number of imidazole rings is 1. The molecule has 1 N–H and O–H groups in total. The van der Waals surface area contributed by atoms with Gasteiger partial charge in [-0.05, 0) is 43.6 Å². The zero-order valence-electron chi connectivity index (χ0n) is 15.5. The van der Waals surface area contributed by atoms with Crippen molar-refractivity contribution in [3.8, 4) is 11.1 Å². The molecule has 0 bridgehead atoms. The number of aromatic amines is 1. The molecule has 152 valence electrons. The average Bonchev–Trinajstić information content (AvgIpc) is 3.20. The van der Waals surface area contributed by atoms with Crippen molar-refractivity contribution in [3.05, 3.63) is 66.0 Å². The first-order chi connectivity index (χ1) is 13.9. The summed E-state index contributed by atoms with van der Waals surface area (Å²) in [6, 6.07) is 5.77. The van der Waals surface area contributed by atoms with Crippen LogP contribution < -0.4 is 0 Å². The predicted molar refractivity (Wildman–Crippen MR) is 98.3 cm³/mol. The number of piperidine rings is 1. The molecule has 3 aromatic rings. The molecule has 3 heterocycles. The minimum atomic E-state index is -4.63. The number of alkyl halides is 3.